The molecule has 2 aromatic rings. The van der Waals surface area contributed by atoms with Crippen LogP contribution in [-0.4, -0.2) is 5.91 Å². The van der Waals surface area contributed by atoms with Crippen LogP contribution in [0.15, 0.2) is 34.8 Å². The highest BCUT2D eigenvalue weighted by atomic mass is 16.3. The number of hydrogen-bond donors (Lipinski definition) is 1. The molecule has 3 nitrogen and oxygen atoms in total. The third-order valence-electron chi connectivity index (χ3n) is 2.28. The number of carbonyl (C=O) groups excluding carboxylic acids is 1. The van der Waals surface area contributed by atoms with Gasteiger partial charge in [-0.3, -0.25) is 4.79 Å². The SMILES string of the molecule is Cc1c(/C=C/C(N)=O)oc2ccccc12. The molecule has 15 heavy (non-hydrogen) atoms. The van der Waals surface area contributed by atoms with Crippen molar-refractivity contribution >= 4 is 23.0 Å². The van der Waals surface area contributed by atoms with Crippen LogP contribution in [0.2, 0.25) is 0 Å². The summed E-state index contributed by atoms with van der Waals surface area (Å²) in [6.45, 7) is 1.95. The van der Waals surface area contributed by atoms with E-state index in [0.29, 0.717) is 5.76 Å². The van der Waals surface area contributed by atoms with Gasteiger partial charge in [0.1, 0.15) is 11.3 Å². The molecule has 1 aromatic heterocycles. The first kappa shape index (κ1) is 9.52. The molecule has 0 aliphatic heterocycles. The molecule has 0 aliphatic rings. The zero-order valence-electron chi connectivity index (χ0n) is 8.36. The Morgan fingerprint density at radius 1 is 1.40 bits per heavy atom. The van der Waals surface area contributed by atoms with Gasteiger partial charge in [0.25, 0.3) is 0 Å². The molecule has 0 aliphatic carbocycles. The number of hydrogen-bond acceptors (Lipinski definition) is 2. The van der Waals surface area contributed by atoms with Crippen molar-refractivity contribution in [3.8, 4) is 0 Å². The Hall–Kier alpha value is -2.03. The molecule has 3 heteroatoms. The fraction of sp³-hybridized carbons (Fsp3) is 0.0833. The van der Waals surface area contributed by atoms with Crippen LogP contribution in [0, 0.1) is 6.92 Å². The molecule has 0 bridgehead atoms. The Morgan fingerprint density at radius 2 is 2.13 bits per heavy atom. The molecule has 0 fully saturated rings. The van der Waals surface area contributed by atoms with E-state index < -0.39 is 5.91 Å². The number of primary amides is 1. The molecule has 2 rings (SSSR count). The molecule has 0 radical (unpaired) electrons. The Bertz CT molecular complexity index is 538. The van der Waals surface area contributed by atoms with Crippen LogP contribution in [0.1, 0.15) is 11.3 Å². The minimum atomic E-state index is -0.477. The van der Waals surface area contributed by atoms with Crippen LogP contribution < -0.4 is 5.73 Å². The van der Waals surface area contributed by atoms with E-state index in [1.54, 1.807) is 6.08 Å². The van der Waals surface area contributed by atoms with E-state index in [4.69, 9.17) is 10.2 Å². The quantitative estimate of drug-likeness (QED) is 0.757. The Morgan fingerprint density at radius 3 is 2.80 bits per heavy atom. The highest BCUT2D eigenvalue weighted by Crippen LogP contribution is 2.25. The second-order valence-electron chi connectivity index (χ2n) is 3.32. The molecule has 1 aromatic carbocycles. The second-order valence-corrected chi connectivity index (χ2v) is 3.32. The maximum atomic E-state index is 10.6. The Balaban J connectivity index is 2.53. The molecule has 0 spiro atoms. The van der Waals surface area contributed by atoms with E-state index in [1.165, 1.54) is 6.08 Å². The molecule has 0 saturated heterocycles. The lowest BCUT2D eigenvalue weighted by Crippen LogP contribution is -2.05. The van der Waals surface area contributed by atoms with Crippen molar-refractivity contribution in [3.05, 3.63) is 41.7 Å². The average molecular weight is 201 g/mol. The van der Waals surface area contributed by atoms with Gasteiger partial charge in [0.2, 0.25) is 5.91 Å². The van der Waals surface area contributed by atoms with E-state index in [2.05, 4.69) is 0 Å². The first-order valence-electron chi connectivity index (χ1n) is 4.64. The van der Waals surface area contributed by atoms with Crippen molar-refractivity contribution in [3.63, 3.8) is 0 Å². The van der Waals surface area contributed by atoms with Gasteiger partial charge in [-0.25, -0.2) is 0 Å². The minimum absolute atomic E-state index is 0.477. The molecule has 0 unspecified atom stereocenters. The van der Waals surface area contributed by atoms with Gasteiger partial charge in [-0.2, -0.15) is 0 Å². The Kier molecular flexibility index (Phi) is 2.29. The van der Waals surface area contributed by atoms with Crippen LogP contribution in [0.25, 0.3) is 17.0 Å². The lowest BCUT2D eigenvalue weighted by atomic mass is 10.1. The minimum Gasteiger partial charge on any atom is -0.456 e. The zero-order valence-corrected chi connectivity index (χ0v) is 8.36. The fourth-order valence-corrected chi connectivity index (χ4v) is 1.51. The fourth-order valence-electron chi connectivity index (χ4n) is 1.51. The van der Waals surface area contributed by atoms with Gasteiger partial charge >= 0.3 is 0 Å². The number of aryl methyl sites for hydroxylation is 1. The number of para-hydroxylation sites is 1. The second kappa shape index (κ2) is 3.61. The van der Waals surface area contributed by atoms with Gasteiger partial charge in [-0.1, -0.05) is 18.2 Å². The van der Waals surface area contributed by atoms with E-state index >= 15 is 0 Å². The third kappa shape index (κ3) is 1.76. The van der Waals surface area contributed by atoms with E-state index in [-0.39, 0.29) is 0 Å². The predicted octanol–water partition coefficient (Wildman–Crippen LogP) is 2.24. The van der Waals surface area contributed by atoms with Crippen LogP contribution in [0.5, 0.6) is 0 Å². The largest absolute Gasteiger partial charge is 0.456 e. The van der Waals surface area contributed by atoms with Gasteiger partial charge in [0, 0.05) is 17.0 Å². The molecule has 0 atom stereocenters. The molecular weight excluding hydrogens is 190 g/mol. The van der Waals surface area contributed by atoms with Crippen molar-refractivity contribution in [1.82, 2.24) is 0 Å². The van der Waals surface area contributed by atoms with Crippen molar-refractivity contribution < 1.29 is 9.21 Å². The lowest BCUT2D eigenvalue weighted by Gasteiger charge is -1.87. The van der Waals surface area contributed by atoms with Crippen molar-refractivity contribution in [2.75, 3.05) is 0 Å². The van der Waals surface area contributed by atoms with Gasteiger partial charge in [-0.15, -0.1) is 0 Å². The number of rotatable bonds is 2. The summed E-state index contributed by atoms with van der Waals surface area (Å²) in [7, 11) is 0. The summed E-state index contributed by atoms with van der Waals surface area (Å²) in [5, 5.41) is 1.06. The van der Waals surface area contributed by atoms with Crippen LogP contribution in [0.3, 0.4) is 0 Å². The molecule has 0 saturated carbocycles. The number of fused-ring (bicyclic) bond motifs is 1. The third-order valence-corrected chi connectivity index (χ3v) is 2.28. The van der Waals surface area contributed by atoms with E-state index in [1.807, 2.05) is 31.2 Å². The summed E-state index contributed by atoms with van der Waals surface area (Å²) in [5.41, 5.74) is 6.85. The number of amides is 1. The number of benzene rings is 1. The summed E-state index contributed by atoms with van der Waals surface area (Å²) in [6.07, 6.45) is 2.89. The monoisotopic (exact) mass is 201 g/mol. The summed E-state index contributed by atoms with van der Waals surface area (Å²) in [5.74, 6) is 0.199. The van der Waals surface area contributed by atoms with Gasteiger partial charge in [0.15, 0.2) is 0 Å². The number of nitrogens with two attached hydrogens (primary N) is 1. The van der Waals surface area contributed by atoms with Crippen molar-refractivity contribution in [2.45, 2.75) is 6.92 Å². The predicted molar refractivity (Wildman–Crippen MR) is 59.2 cm³/mol. The lowest BCUT2D eigenvalue weighted by molar-refractivity contribution is -0.113. The van der Waals surface area contributed by atoms with E-state index in [0.717, 1.165) is 16.5 Å². The van der Waals surface area contributed by atoms with Crippen LogP contribution >= 0.6 is 0 Å². The highest BCUT2D eigenvalue weighted by Gasteiger charge is 2.06. The zero-order chi connectivity index (χ0) is 10.8. The Labute approximate surface area is 87.2 Å². The molecule has 1 amide bonds. The van der Waals surface area contributed by atoms with Crippen LogP contribution in [0.4, 0.5) is 0 Å². The maximum Gasteiger partial charge on any atom is 0.241 e. The summed E-state index contributed by atoms with van der Waals surface area (Å²) >= 11 is 0. The van der Waals surface area contributed by atoms with Crippen molar-refractivity contribution in [2.24, 2.45) is 5.73 Å². The maximum absolute atomic E-state index is 10.6. The molecule has 1 heterocycles. The van der Waals surface area contributed by atoms with Gasteiger partial charge < -0.3 is 10.2 Å². The molecular formula is C12H11NO2. The normalized spacial score (nSPS) is 11.3. The molecule has 2 N–H and O–H groups in total. The number of furan rings is 1. The van der Waals surface area contributed by atoms with E-state index in [9.17, 15) is 4.79 Å². The number of carbonyl (C=O) groups is 1. The highest BCUT2D eigenvalue weighted by molar-refractivity contribution is 5.91. The van der Waals surface area contributed by atoms with Crippen molar-refractivity contribution in [1.29, 1.82) is 0 Å². The first-order chi connectivity index (χ1) is 7.18. The van der Waals surface area contributed by atoms with Gasteiger partial charge in [0.05, 0.1) is 0 Å². The standard InChI is InChI=1S/C12H11NO2/c1-8-9-4-2-3-5-11(9)15-10(8)6-7-12(13)14/h2-7H,1H3,(H2,13,14)/b7-6+. The summed E-state index contributed by atoms with van der Waals surface area (Å²) < 4.78 is 5.55. The first-order valence-corrected chi connectivity index (χ1v) is 4.64. The smallest absolute Gasteiger partial charge is 0.241 e. The topological polar surface area (TPSA) is 56.2 Å². The van der Waals surface area contributed by atoms with Gasteiger partial charge in [-0.05, 0) is 19.1 Å². The molecule has 76 valence electrons. The van der Waals surface area contributed by atoms with Crippen LogP contribution in [-0.2, 0) is 4.79 Å². The summed E-state index contributed by atoms with van der Waals surface area (Å²) in [6, 6.07) is 7.74. The summed E-state index contributed by atoms with van der Waals surface area (Å²) in [4.78, 5) is 10.6. The average Bonchev–Trinajstić information content (AvgIpc) is 2.54.